The summed E-state index contributed by atoms with van der Waals surface area (Å²) in [5.74, 6) is 0.0374. The first-order valence-corrected chi connectivity index (χ1v) is 5.04. The zero-order chi connectivity index (χ0) is 10.8. The Balaban J connectivity index is 3.77. The number of nitrogens with one attached hydrogen (secondary N) is 1. The van der Waals surface area contributed by atoms with Gasteiger partial charge >= 0.3 is 0 Å². The van der Waals surface area contributed by atoms with Gasteiger partial charge in [0.05, 0.1) is 12.6 Å². The highest BCUT2D eigenvalue weighted by molar-refractivity contribution is 5.77. The van der Waals surface area contributed by atoms with Crippen LogP contribution in [0.5, 0.6) is 0 Å². The minimum Gasteiger partial charge on any atom is -0.358 e. The molecule has 0 aromatic carbocycles. The number of rotatable bonds is 7. The maximum Gasteiger partial charge on any atom is 0.233 e. The van der Waals surface area contributed by atoms with Crippen molar-refractivity contribution in [3.63, 3.8) is 0 Å². The van der Waals surface area contributed by atoms with Crippen molar-refractivity contribution in [1.82, 2.24) is 10.2 Å². The lowest BCUT2D eigenvalue weighted by Crippen LogP contribution is -2.36. The van der Waals surface area contributed by atoms with Gasteiger partial charge in [-0.1, -0.05) is 6.92 Å². The Bertz CT molecular complexity index is 198. The van der Waals surface area contributed by atoms with Gasteiger partial charge in [-0.3, -0.25) is 9.69 Å². The van der Waals surface area contributed by atoms with E-state index in [1.165, 1.54) is 0 Å². The topological polar surface area (TPSA) is 56.1 Å². The van der Waals surface area contributed by atoms with Crippen molar-refractivity contribution >= 4 is 5.91 Å². The largest absolute Gasteiger partial charge is 0.358 e. The van der Waals surface area contributed by atoms with Gasteiger partial charge in [-0.2, -0.15) is 5.26 Å². The smallest absolute Gasteiger partial charge is 0.233 e. The molecule has 14 heavy (non-hydrogen) atoms. The van der Waals surface area contributed by atoms with Crippen molar-refractivity contribution in [2.75, 3.05) is 26.7 Å². The van der Waals surface area contributed by atoms with Gasteiger partial charge in [0.15, 0.2) is 0 Å². The second-order valence-electron chi connectivity index (χ2n) is 3.21. The van der Waals surface area contributed by atoms with Gasteiger partial charge in [-0.05, 0) is 25.9 Å². The summed E-state index contributed by atoms with van der Waals surface area (Å²) in [6.07, 6.45) is 2.44. The van der Waals surface area contributed by atoms with Crippen molar-refractivity contribution in [3.8, 4) is 6.07 Å². The fourth-order valence-electron chi connectivity index (χ4n) is 1.25. The van der Waals surface area contributed by atoms with Crippen LogP contribution in [0.15, 0.2) is 0 Å². The first-order valence-electron chi connectivity index (χ1n) is 5.04. The SMILES string of the molecule is CCCN(CCCC#N)CC(=O)NC. The van der Waals surface area contributed by atoms with Crippen LogP contribution in [0.1, 0.15) is 26.2 Å². The van der Waals surface area contributed by atoms with Crippen molar-refractivity contribution in [2.45, 2.75) is 26.2 Å². The van der Waals surface area contributed by atoms with E-state index in [4.69, 9.17) is 5.26 Å². The molecule has 4 heteroatoms. The van der Waals surface area contributed by atoms with E-state index in [9.17, 15) is 4.79 Å². The molecule has 0 unspecified atom stereocenters. The fraction of sp³-hybridized carbons (Fsp3) is 0.800. The molecule has 0 aliphatic carbocycles. The van der Waals surface area contributed by atoms with Crippen LogP contribution in [0.25, 0.3) is 0 Å². The van der Waals surface area contributed by atoms with E-state index >= 15 is 0 Å². The third-order valence-electron chi connectivity index (χ3n) is 1.95. The summed E-state index contributed by atoms with van der Waals surface area (Å²) in [5, 5.41) is 11.0. The molecule has 0 rings (SSSR count). The summed E-state index contributed by atoms with van der Waals surface area (Å²) < 4.78 is 0. The number of unbranched alkanes of at least 4 members (excludes halogenated alkanes) is 1. The molecule has 1 amide bonds. The highest BCUT2D eigenvalue weighted by Crippen LogP contribution is 1.96. The molecule has 0 fully saturated rings. The Labute approximate surface area is 85.9 Å². The fourth-order valence-corrected chi connectivity index (χ4v) is 1.25. The minimum atomic E-state index is 0.0374. The lowest BCUT2D eigenvalue weighted by atomic mass is 10.3. The average Bonchev–Trinajstić information content (AvgIpc) is 2.18. The van der Waals surface area contributed by atoms with Gasteiger partial charge in [0.2, 0.25) is 5.91 Å². The van der Waals surface area contributed by atoms with Crippen LogP contribution in [-0.4, -0.2) is 37.5 Å². The summed E-state index contributed by atoms with van der Waals surface area (Å²) in [7, 11) is 1.64. The zero-order valence-electron chi connectivity index (χ0n) is 9.05. The average molecular weight is 197 g/mol. The maximum absolute atomic E-state index is 11.1. The molecular weight excluding hydrogens is 178 g/mol. The molecule has 0 spiro atoms. The third kappa shape index (κ3) is 6.44. The van der Waals surface area contributed by atoms with E-state index in [-0.39, 0.29) is 5.91 Å². The van der Waals surface area contributed by atoms with Gasteiger partial charge in [0, 0.05) is 13.5 Å². The van der Waals surface area contributed by atoms with E-state index in [0.717, 1.165) is 25.9 Å². The number of hydrogen-bond acceptors (Lipinski definition) is 3. The van der Waals surface area contributed by atoms with Gasteiger partial charge < -0.3 is 5.32 Å². The van der Waals surface area contributed by atoms with Crippen LogP contribution in [0, 0.1) is 11.3 Å². The van der Waals surface area contributed by atoms with Crippen LogP contribution in [0.3, 0.4) is 0 Å². The Morgan fingerprint density at radius 1 is 1.50 bits per heavy atom. The molecule has 0 heterocycles. The first-order chi connectivity index (χ1) is 6.74. The van der Waals surface area contributed by atoms with Crippen molar-refractivity contribution < 1.29 is 4.79 Å². The lowest BCUT2D eigenvalue weighted by Gasteiger charge is -2.19. The van der Waals surface area contributed by atoms with Crippen molar-refractivity contribution in [3.05, 3.63) is 0 Å². The lowest BCUT2D eigenvalue weighted by molar-refractivity contribution is -0.121. The minimum absolute atomic E-state index is 0.0374. The summed E-state index contributed by atoms with van der Waals surface area (Å²) in [6.45, 7) is 4.27. The number of nitrogens with zero attached hydrogens (tertiary/aromatic N) is 2. The van der Waals surface area contributed by atoms with Crippen LogP contribution < -0.4 is 5.32 Å². The van der Waals surface area contributed by atoms with Crippen LogP contribution in [0.2, 0.25) is 0 Å². The molecule has 0 saturated carbocycles. The van der Waals surface area contributed by atoms with E-state index in [0.29, 0.717) is 13.0 Å². The zero-order valence-corrected chi connectivity index (χ0v) is 9.05. The molecule has 1 N–H and O–H groups in total. The van der Waals surface area contributed by atoms with Gasteiger partial charge in [0.25, 0.3) is 0 Å². The molecule has 0 aliphatic heterocycles. The highest BCUT2D eigenvalue weighted by atomic mass is 16.1. The summed E-state index contributed by atoms with van der Waals surface area (Å²) in [5.41, 5.74) is 0. The first kappa shape index (κ1) is 12.9. The van der Waals surface area contributed by atoms with Gasteiger partial charge in [0.1, 0.15) is 0 Å². The maximum atomic E-state index is 11.1. The van der Waals surface area contributed by atoms with E-state index in [2.05, 4.69) is 23.2 Å². The van der Waals surface area contributed by atoms with Crippen LogP contribution in [0.4, 0.5) is 0 Å². The van der Waals surface area contributed by atoms with Crippen molar-refractivity contribution in [1.29, 1.82) is 5.26 Å². The Morgan fingerprint density at radius 2 is 2.21 bits per heavy atom. The Morgan fingerprint density at radius 3 is 2.71 bits per heavy atom. The molecule has 0 aromatic heterocycles. The molecular formula is C10H19N3O. The van der Waals surface area contributed by atoms with Gasteiger partial charge in [-0.25, -0.2) is 0 Å². The molecule has 0 radical (unpaired) electrons. The molecule has 0 aliphatic rings. The quantitative estimate of drug-likeness (QED) is 0.613. The molecule has 0 bridgehead atoms. The predicted molar refractivity (Wildman–Crippen MR) is 55.6 cm³/mol. The van der Waals surface area contributed by atoms with E-state index < -0.39 is 0 Å². The van der Waals surface area contributed by atoms with Crippen molar-refractivity contribution in [2.24, 2.45) is 0 Å². The summed E-state index contributed by atoms with van der Waals surface area (Å²) in [4.78, 5) is 13.2. The number of carbonyl (C=O) groups is 1. The van der Waals surface area contributed by atoms with Gasteiger partial charge in [-0.15, -0.1) is 0 Å². The standard InChI is InChI=1S/C10H19N3O/c1-3-7-13(8-5-4-6-11)9-10(14)12-2/h3-5,7-9H2,1-2H3,(H,12,14). The molecule has 80 valence electrons. The summed E-state index contributed by atoms with van der Waals surface area (Å²) >= 11 is 0. The molecule has 0 saturated heterocycles. The molecule has 0 aromatic rings. The monoisotopic (exact) mass is 197 g/mol. The predicted octanol–water partition coefficient (Wildman–Crippen LogP) is 0.748. The van der Waals surface area contributed by atoms with E-state index in [1.54, 1.807) is 7.05 Å². The molecule has 0 atom stereocenters. The number of hydrogen-bond donors (Lipinski definition) is 1. The van der Waals surface area contributed by atoms with Crippen LogP contribution >= 0.6 is 0 Å². The summed E-state index contributed by atoms with van der Waals surface area (Å²) in [6, 6.07) is 2.11. The molecule has 4 nitrogen and oxygen atoms in total. The second-order valence-corrected chi connectivity index (χ2v) is 3.21. The normalized spacial score (nSPS) is 9.86. The Hall–Kier alpha value is -1.08. The highest BCUT2D eigenvalue weighted by Gasteiger charge is 2.07. The number of likely N-dealkylation sites (N-methyl/N-ethyl adjacent to an activating group) is 1. The van der Waals surface area contributed by atoms with Crippen LogP contribution in [-0.2, 0) is 4.79 Å². The third-order valence-corrected chi connectivity index (χ3v) is 1.95. The second kappa shape index (κ2) is 8.52. The van der Waals surface area contributed by atoms with E-state index in [1.807, 2.05) is 0 Å². The Kier molecular flexibility index (Phi) is 7.86. The number of carbonyl (C=O) groups excluding carboxylic acids is 1. The number of amides is 1. The number of nitriles is 1.